The van der Waals surface area contributed by atoms with Crippen molar-refractivity contribution < 1.29 is 0 Å². The molecule has 0 radical (unpaired) electrons. The molecule has 0 saturated heterocycles. The van der Waals surface area contributed by atoms with Gasteiger partial charge in [-0.05, 0) is 74.9 Å². The van der Waals surface area contributed by atoms with Crippen LogP contribution in [-0.2, 0) is 6.42 Å². The van der Waals surface area contributed by atoms with E-state index < -0.39 is 0 Å². The number of halogens is 2. The molecule has 0 aliphatic heterocycles. The third kappa shape index (κ3) is 6.42. The number of hydrogen-bond acceptors (Lipinski definition) is 1. The Kier molecular flexibility index (Phi) is 8.27. The highest BCUT2D eigenvalue weighted by molar-refractivity contribution is 9.11. The number of hydrogen-bond donors (Lipinski definition) is 1. The van der Waals surface area contributed by atoms with Crippen molar-refractivity contribution >= 4 is 31.9 Å². The highest BCUT2D eigenvalue weighted by atomic mass is 79.9. The van der Waals surface area contributed by atoms with E-state index in [1.165, 1.54) is 39.3 Å². The second kappa shape index (κ2) is 9.15. The Morgan fingerprint density at radius 1 is 1.11 bits per heavy atom. The van der Waals surface area contributed by atoms with Crippen molar-refractivity contribution in [1.82, 2.24) is 5.32 Å². The number of aryl methyl sites for hydroxylation is 2. The Labute approximate surface area is 134 Å². The van der Waals surface area contributed by atoms with E-state index in [1.54, 1.807) is 0 Å². The van der Waals surface area contributed by atoms with E-state index in [1.807, 2.05) is 0 Å². The van der Waals surface area contributed by atoms with Crippen LogP contribution in [0.5, 0.6) is 0 Å². The second-order valence-electron chi connectivity index (χ2n) is 5.38. The van der Waals surface area contributed by atoms with Crippen molar-refractivity contribution in [2.75, 3.05) is 13.1 Å². The highest BCUT2D eigenvalue weighted by Crippen LogP contribution is 2.27. The molecule has 1 N–H and O–H groups in total. The van der Waals surface area contributed by atoms with Gasteiger partial charge in [0.1, 0.15) is 0 Å². The topological polar surface area (TPSA) is 12.0 Å². The van der Waals surface area contributed by atoms with Gasteiger partial charge in [0, 0.05) is 8.95 Å². The van der Waals surface area contributed by atoms with Crippen molar-refractivity contribution in [1.29, 1.82) is 0 Å². The third-order valence-corrected chi connectivity index (χ3v) is 5.07. The molecule has 1 aromatic rings. The molecule has 0 saturated carbocycles. The predicted octanol–water partition coefficient (Wildman–Crippen LogP) is 5.48. The summed E-state index contributed by atoms with van der Waals surface area (Å²) >= 11 is 7.29. The standard InChI is InChI=1S/C16H25Br2N/c1-4-8-19-9-7-12(2)5-6-14-11-15(17)13(3)10-16(14)18/h10-12,19H,4-9H2,1-3H3. The second-order valence-corrected chi connectivity index (χ2v) is 7.08. The zero-order valence-corrected chi connectivity index (χ0v) is 15.4. The van der Waals surface area contributed by atoms with Gasteiger partial charge in [0.05, 0.1) is 0 Å². The van der Waals surface area contributed by atoms with Gasteiger partial charge in [0.25, 0.3) is 0 Å². The van der Waals surface area contributed by atoms with E-state index in [2.05, 4.69) is 70.1 Å². The first kappa shape index (κ1) is 17.2. The van der Waals surface area contributed by atoms with Gasteiger partial charge in [-0.25, -0.2) is 0 Å². The summed E-state index contributed by atoms with van der Waals surface area (Å²) in [6.07, 6.45) is 4.89. The Bertz CT molecular complexity index is 391. The lowest BCUT2D eigenvalue weighted by Crippen LogP contribution is -2.18. The van der Waals surface area contributed by atoms with Gasteiger partial charge in [-0.1, -0.05) is 45.7 Å². The van der Waals surface area contributed by atoms with Crippen LogP contribution in [0.3, 0.4) is 0 Å². The van der Waals surface area contributed by atoms with Crippen LogP contribution in [-0.4, -0.2) is 13.1 Å². The van der Waals surface area contributed by atoms with E-state index in [0.29, 0.717) is 0 Å². The molecule has 0 aliphatic carbocycles. The quantitative estimate of drug-likeness (QED) is 0.579. The van der Waals surface area contributed by atoms with Crippen molar-refractivity contribution in [3.8, 4) is 0 Å². The summed E-state index contributed by atoms with van der Waals surface area (Å²) in [6, 6.07) is 4.45. The Balaban J connectivity index is 2.37. The van der Waals surface area contributed by atoms with Gasteiger partial charge < -0.3 is 5.32 Å². The molecule has 0 heterocycles. The minimum Gasteiger partial charge on any atom is -0.317 e. The fourth-order valence-corrected chi connectivity index (χ4v) is 3.12. The molecule has 19 heavy (non-hydrogen) atoms. The molecule has 1 aromatic carbocycles. The normalized spacial score (nSPS) is 12.7. The van der Waals surface area contributed by atoms with Crippen LogP contribution >= 0.6 is 31.9 Å². The molecule has 1 rings (SSSR count). The van der Waals surface area contributed by atoms with Crippen LogP contribution in [0.25, 0.3) is 0 Å². The Morgan fingerprint density at radius 2 is 1.84 bits per heavy atom. The largest absolute Gasteiger partial charge is 0.317 e. The van der Waals surface area contributed by atoms with Crippen LogP contribution in [0.15, 0.2) is 21.1 Å². The fraction of sp³-hybridized carbons (Fsp3) is 0.625. The van der Waals surface area contributed by atoms with Crippen LogP contribution in [0.1, 0.15) is 44.2 Å². The first-order valence-electron chi connectivity index (χ1n) is 7.19. The van der Waals surface area contributed by atoms with Gasteiger partial charge in [-0.3, -0.25) is 0 Å². The SMILES string of the molecule is CCCNCCC(C)CCc1cc(Br)c(C)cc1Br. The number of rotatable bonds is 8. The molecule has 0 fully saturated rings. The van der Waals surface area contributed by atoms with Crippen molar-refractivity contribution in [2.24, 2.45) is 5.92 Å². The molecular weight excluding hydrogens is 366 g/mol. The summed E-state index contributed by atoms with van der Waals surface area (Å²) in [5.74, 6) is 0.774. The first-order chi connectivity index (χ1) is 9.04. The monoisotopic (exact) mass is 389 g/mol. The summed E-state index contributed by atoms with van der Waals surface area (Å²) < 4.78 is 2.45. The summed E-state index contributed by atoms with van der Waals surface area (Å²) in [5.41, 5.74) is 2.69. The molecule has 0 aromatic heterocycles. The van der Waals surface area contributed by atoms with E-state index in [-0.39, 0.29) is 0 Å². The van der Waals surface area contributed by atoms with E-state index in [9.17, 15) is 0 Å². The van der Waals surface area contributed by atoms with Gasteiger partial charge in [0.15, 0.2) is 0 Å². The van der Waals surface area contributed by atoms with E-state index in [0.717, 1.165) is 25.4 Å². The average molecular weight is 391 g/mol. The summed E-state index contributed by atoms with van der Waals surface area (Å²) in [6.45, 7) is 8.98. The maximum Gasteiger partial charge on any atom is 0.0210 e. The molecule has 1 atom stereocenters. The van der Waals surface area contributed by atoms with Gasteiger partial charge >= 0.3 is 0 Å². The lowest BCUT2D eigenvalue weighted by Gasteiger charge is -2.13. The lowest BCUT2D eigenvalue weighted by atomic mass is 9.98. The third-order valence-electron chi connectivity index (χ3n) is 3.47. The summed E-state index contributed by atoms with van der Waals surface area (Å²) in [7, 11) is 0. The van der Waals surface area contributed by atoms with Crippen molar-refractivity contribution in [3.63, 3.8) is 0 Å². The predicted molar refractivity (Wildman–Crippen MR) is 91.8 cm³/mol. The molecule has 108 valence electrons. The van der Waals surface area contributed by atoms with Crippen LogP contribution in [0.2, 0.25) is 0 Å². The van der Waals surface area contributed by atoms with Crippen LogP contribution < -0.4 is 5.32 Å². The van der Waals surface area contributed by atoms with E-state index in [4.69, 9.17) is 0 Å². The highest BCUT2D eigenvalue weighted by Gasteiger charge is 2.07. The molecule has 0 bridgehead atoms. The minimum atomic E-state index is 0.774. The first-order valence-corrected chi connectivity index (χ1v) is 8.78. The lowest BCUT2D eigenvalue weighted by molar-refractivity contribution is 0.470. The molecular formula is C16H25Br2N. The average Bonchev–Trinajstić information content (AvgIpc) is 2.37. The smallest absolute Gasteiger partial charge is 0.0210 e. The maximum atomic E-state index is 3.67. The number of benzene rings is 1. The zero-order valence-electron chi connectivity index (χ0n) is 12.2. The number of nitrogens with one attached hydrogen (secondary N) is 1. The van der Waals surface area contributed by atoms with Gasteiger partial charge in [0.2, 0.25) is 0 Å². The summed E-state index contributed by atoms with van der Waals surface area (Å²) in [4.78, 5) is 0. The fourth-order valence-electron chi connectivity index (χ4n) is 2.08. The van der Waals surface area contributed by atoms with Gasteiger partial charge in [-0.15, -0.1) is 0 Å². The van der Waals surface area contributed by atoms with Crippen molar-refractivity contribution in [3.05, 3.63) is 32.2 Å². The molecule has 1 nitrogen and oxygen atoms in total. The van der Waals surface area contributed by atoms with Gasteiger partial charge in [-0.2, -0.15) is 0 Å². The van der Waals surface area contributed by atoms with Crippen LogP contribution in [0.4, 0.5) is 0 Å². The molecule has 3 heteroatoms. The molecule has 0 spiro atoms. The maximum absolute atomic E-state index is 3.67. The molecule has 0 aliphatic rings. The Hall–Kier alpha value is 0.140. The van der Waals surface area contributed by atoms with E-state index >= 15 is 0 Å². The van der Waals surface area contributed by atoms with Crippen LogP contribution in [0, 0.1) is 12.8 Å². The molecule has 1 unspecified atom stereocenters. The van der Waals surface area contributed by atoms with Crippen molar-refractivity contribution in [2.45, 2.75) is 46.5 Å². The summed E-state index contributed by atoms with van der Waals surface area (Å²) in [5, 5.41) is 3.48. The Morgan fingerprint density at radius 3 is 2.53 bits per heavy atom. The molecule has 0 amide bonds. The minimum absolute atomic E-state index is 0.774. The zero-order chi connectivity index (χ0) is 14.3.